The summed E-state index contributed by atoms with van der Waals surface area (Å²) in [4.78, 5) is 30.8. The highest BCUT2D eigenvalue weighted by Crippen LogP contribution is 2.42. The van der Waals surface area contributed by atoms with E-state index in [1.165, 1.54) is 23.9 Å². The molecule has 0 saturated carbocycles. The van der Waals surface area contributed by atoms with Crippen LogP contribution in [0.5, 0.6) is 0 Å². The zero-order valence-corrected chi connectivity index (χ0v) is 18.1. The number of anilines is 1. The summed E-state index contributed by atoms with van der Waals surface area (Å²) in [6, 6.07) is 11.4. The number of carbonyl (C=O) groups is 2. The third kappa shape index (κ3) is 4.49. The average Bonchev–Trinajstić information content (AvgIpc) is 3.34. The van der Waals surface area contributed by atoms with E-state index in [0.717, 1.165) is 22.5 Å². The number of hydrogen-bond acceptors (Lipinski definition) is 5. The van der Waals surface area contributed by atoms with Crippen LogP contribution in [-0.2, 0) is 23.0 Å². The molecule has 6 nitrogen and oxygen atoms in total. The summed E-state index contributed by atoms with van der Waals surface area (Å²) in [6.07, 6.45) is 4.03. The molecule has 160 valence electrons. The number of nitrogens with zero attached hydrogens (tertiary/aromatic N) is 3. The molecule has 0 N–H and O–H groups in total. The molecule has 1 aliphatic heterocycles. The standard InChI is InChI=1S/C23H22FN3O3S/c1-15-11-17(23(29)30-10-9-19-12-25-14-26(19)2)5-8-20(15)27-21(28)13-31-22(27)16-3-6-18(24)7-4-16/h3-8,11-12,14,22H,9-10,13H2,1-2H3. The second-order valence-electron chi connectivity index (χ2n) is 7.36. The number of hydrogen-bond donors (Lipinski definition) is 0. The van der Waals surface area contributed by atoms with E-state index in [1.807, 2.05) is 18.5 Å². The number of esters is 1. The maximum absolute atomic E-state index is 13.3. The fourth-order valence-electron chi connectivity index (χ4n) is 3.57. The molecule has 1 amide bonds. The van der Waals surface area contributed by atoms with Gasteiger partial charge in [0.1, 0.15) is 11.2 Å². The van der Waals surface area contributed by atoms with Crippen LogP contribution in [-0.4, -0.2) is 33.8 Å². The molecule has 2 heterocycles. The van der Waals surface area contributed by atoms with Crippen molar-refractivity contribution in [1.29, 1.82) is 0 Å². The van der Waals surface area contributed by atoms with E-state index >= 15 is 0 Å². The zero-order valence-electron chi connectivity index (χ0n) is 17.2. The molecule has 0 spiro atoms. The lowest BCUT2D eigenvalue weighted by Gasteiger charge is -2.26. The number of halogens is 1. The number of carbonyl (C=O) groups excluding carboxylic acids is 2. The number of ether oxygens (including phenoxy) is 1. The van der Waals surface area contributed by atoms with Crippen LogP contribution in [0.2, 0.25) is 0 Å². The molecular formula is C23H22FN3O3S. The maximum Gasteiger partial charge on any atom is 0.338 e. The van der Waals surface area contributed by atoms with Gasteiger partial charge in [-0.15, -0.1) is 11.8 Å². The summed E-state index contributed by atoms with van der Waals surface area (Å²) in [5.41, 5.74) is 3.80. The number of aromatic nitrogens is 2. The highest BCUT2D eigenvalue weighted by atomic mass is 32.2. The Bertz CT molecular complexity index is 1110. The van der Waals surface area contributed by atoms with Crippen molar-refractivity contribution in [3.63, 3.8) is 0 Å². The molecular weight excluding hydrogens is 417 g/mol. The van der Waals surface area contributed by atoms with Gasteiger partial charge >= 0.3 is 5.97 Å². The molecule has 1 saturated heterocycles. The Balaban J connectivity index is 1.48. The number of amides is 1. The average molecular weight is 440 g/mol. The number of aryl methyl sites for hydroxylation is 2. The lowest BCUT2D eigenvalue weighted by molar-refractivity contribution is -0.115. The Kier molecular flexibility index (Phi) is 6.08. The Hall–Kier alpha value is -3.13. The van der Waals surface area contributed by atoms with Crippen molar-refractivity contribution >= 4 is 29.3 Å². The Morgan fingerprint density at radius 1 is 1.26 bits per heavy atom. The highest BCUT2D eigenvalue weighted by Gasteiger charge is 2.35. The van der Waals surface area contributed by atoms with Crippen molar-refractivity contribution in [2.24, 2.45) is 7.05 Å². The fourth-order valence-corrected chi connectivity index (χ4v) is 4.74. The van der Waals surface area contributed by atoms with Gasteiger partial charge in [-0.25, -0.2) is 14.2 Å². The molecule has 3 aromatic rings. The molecule has 0 aliphatic carbocycles. The second kappa shape index (κ2) is 8.93. The van der Waals surface area contributed by atoms with Gasteiger partial charge in [0, 0.05) is 31.0 Å². The first kappa shape index (κ1) is 21.1. The van der Waals surface area contributed by atoms with Crippen LogP contribution in [0.15, 0.2) is 55.0 Å². The predicted octanol–water partition coefficient (Wildman–Crippen LogP) is 4.05. The fraction of sp³-hybridized carbons (Fsp3) is 0.261. The van der Waals surface area contributed by atoms with E-state index in [0.29, 0.717) is 17.7 Å². The first-order chi connectivity index (χ1) is 14.9. The van der Waals surface area contributed by atoms with Crippen molar-refractivity contribution in [1.82, 2.24) is 9.55 Å². The number of benzene rings is 2. The molecule has 0 radical (unpaired) electrons. The van der Waals surface area contributed by atoms with Gasteiger partial charge < -0.3 is 9.30 Å². The first-order valence-electron chi connectivity index (χ1n) is 9.86. The Morgan fingerprint density at radius 2 is 2.03 bits per heavy atom. The van der Waals surface area contributed by atoms with E-state index < -0.39 is 5.97 Å². The topological polar surface area (TPSA) is 64.4 Å². The SMILES string of the molecule is Cc1cc(C(=O)OCCc2cncn2C)ccc1N1C(=O)CSC1c1ccc(F)cc1. The Morgan fingerprint density at radius 3 is 2.71 bits per heavy atom. The summed E-state index contributed by atoms with van der Waals surface area (Å²) in [5.74, 6) is -0.394. The van der Waals surface area contributed by atoms with E-state index in [9.17, 15) is 14.0 Å². The Labute approximate surface area is 184 Å². The molecule has 1 unspecified atom stereocenters. The lowest BCUT2D eigenvalue weighted by atomic mass is 10.1. The van der Waals surface area contributed by atoms with Crippen molar-refractivity contribution in [3.8, 4) is 0 Å². The van der Waals surface area contributed by atoms with Gasteiger partial charge in [-0.05, 0) is 48.4 Å². The monoisotopic (exact) mass is 439 g/mol. The van der Waals surface area contributed by atoms with Crippen LogP contribution < -0.4 is 4.90 Å². The quantitative estimate of drug-likeness (QED) is 0.543. The molecule has 4 rings (SSSR count). The van der Waals surface area contributed by atoms with Crippen LogP contribution in [0.25, 0.3) is 0 Å². The number of imidazole rings is 1. The molecule has 0 bridgehead atoms. The normalized spacial score (nSPS) is 16.0. The minimum absolute atomic E-state index is 0.0195. The van der Waals surface area contributed by atoms with Gasteiger partial charge in [0.05, 0.1) is 24.3 Å². The molecule has 1 fully saturated rings. The third-order valence-corrected chi connectivity index (χ3v) is 6.44. The minimum Gasteiger partial charge on any atom is -0.462 e. The van der Waals surface area contributed by atoms with Gasteiger partial charge in [0.2, 0.25) is 5.91 Å². The third-order valence-electron chi connectivity index (χ3n) is 5.22. The molecule has 1 aliphatic rings. The van der Waals surface area contributed by atoms with Gasteiger partial charge in [0.25, 0.3) is 0 Å². The van der Waals surface area contributed by atoms with Crippen LogP contribution >= 0.6 is 11.8 Å². The van der Waals surface area contributed by atoms with Crippen molar-refractivity contribution < 1.29 is 18.7 Å². The van der Waals surface area contributed by atoms with Crippen molar-refractivity contribution in [3.05, 3.63) is 83.2 Å². The molecule has 2 aromatic carbocycles. The molecule has 8 heteroatoms. The smallest absolute Gasteiger partial charge is 0.338 e. The number of thioether (sulfide) groups is 1. The molecule has 1 atom stereocenters. The maximum atomic E-state index is 13.3. The summed E-state index contributed by atoms with van der Waals surface area (Å²) >= 11 is 1.50. The first-order valence-corrected chi connectivity index (χ1v) is 10.9. The van der Waals surface area contributed by atoms with Crippen LogP contribution in [0, 0.1) is 12.7 Å². The van der Waals surface area contributed by atoms with Crippen molar-refractivity contribution in [2.75, 3.05) is 17.3 Å². The van der Waals surface area contributed by atoms with E-state index in [2.05, 4.69) is 4.98 Å². The number of rotatable bonds is 6. The molecule has 31 heavy (non-hydrogen) atoms. The van der Waals surface area contributed by atoms with Crippen LogP contribution in [0.4, 0.5) is 10.1 Å². The summed E-state index contributed by atoms with van der Waals surface area (Å²) in [7, 11) is 1.89. The van der Waals surface area contributed by atoms with E-state index in [-0.39, 0.29) is 23.7 Å². The van der Waals surface area contributed by atoms with Crippen LogP contribution in [0.3, 0.4) is 0 Å². The summed E-state index contributed by atoms with van der Waals surface area (Å²) in [5, 5.41) is -0.233. The summed E-state index contributed by atoms with van der Waals surface area (Å²) in [6.45, 7) is 2.12. The minimum atomic E-state index is -0.408. The lowest BCUT2D eigenvalue weighted by Crippen LogP contribution is -2.28. The van der Waals surface area contributed by atoms with Gasteiger partial charge in [-0.3, -0.25) is 9.69 Å². The predicted molar refractivity (Wildman–Crippen MR) is 117 cm³/mol. The van der Waals surface area contributed by atoms with Gasteiger partial charge in [0.15, 0.2) is 0 Å². The highest BCUT2D eigenvalue weighted by molar-refractivity contribution is 8.00. The largest absolute Gasteiger partial charge is 0.462 e. The second-order valence-corrected chi connectivity index (χ2v) is 8.43. The van der Waals surface area contributed by atoms with Gasteiger partial charge in [-0.1, -0.05) is 12.1 Å². The van der Waals surface area contributed by atoms with Crippen LogP contribution in [0.1, 0.15) is 32.6 Å². The van der Waals surface area contributed by atoms with E-state index in [4.69, 9.17) is 4.74 Å². The molecule has 1 aromatic heterocycles. The van der Waals surface area contributed by atoms with Crippen molar-refractivity contribution in [2.45, 2.75) is 18.7 Å². The van der Waals surface area contributed by atoms with Gasteiger partial charge in [-0.2, -0.15) is 0 Å². The van der Waals surface area contributed by atoms with E-state index in [1.54, 1.807) is 47.8 Å². The summed E-state index contributed by atoms with van der Waals surface area (Å²) < 4.78 is 20.6. The zero-order chi connectivity index (χ0) is 22.0.